The van der Waals surface area contributed by atoms with Crippen LogP contribution in [0, 0.1) is 0 Å². The lowest BCUT2D eigenvalue weighted by Gasteiger charge is -2.26. The molecule has 0 amide bonds. The van der Waals surface area contributed by atoms with Crippen LogP contribution in [0.1, 0.15) is 16.0 Å². The second-order valence-electron chi connectivity index (χ2n) is 4.53. The number of hydrogen-bond donors (Lipinski definition) is 1. The maximum absolute atomic E-state index is 10.4. The molecule has 0 saturated heterocycles. The lowest BCUT2D eigenvalue weighted by Crippen LogP contribution is -2.30. The molecule has 0 aliphatic carbocycles. The number of fused-ring (bicyclic) bond motifs is 1. The zero-order valence-corrected chi connectivity index (χ0v) is 11.5. The normalized spacial score (nSPS) is 14.5. The van der Waals surface area contributed by atoms with Gasteiger partial charge in [0.2, 0.25) is 5.95 Å². The predicted molar refractivity (Wildman–Crippen MR) is 77.8 cm³/mol. The molecule has 2 aromatic heterocycles. The van der Waals surface area contributed by atoms with Gasteiger partial charge in [-0.25, -0.2) is 14.8 Å². The first-order valence-electron chi connectivity index (χ1n) is 6.25. The van der Waals surface area contributed by atoms with Crippen molar-refractivity contribution in [1.82, 2.24) is 9.97 Å². The molecule has 0 unspecified atom stereocenters. The molecule has 0 spiro atoms. The first-order chi connectivity index (χ1) is 9.72. The van der Waals surface area contributed by atoms with Crippen LogP contribution in [-0.2, 0) is 17.8 Å². The van der Waals surface area contributed by atoms with E-state index in [0.29, 0.717) is 11.5 Å². The Morgan fingerprint density at radius 1 is 1.40 bits per heavy atom. The van der Waals surface area contributed by atoms with Crippen molar-refractivity contribution in [3.63, 3.8) is 0 Å². The molecule has 3 rings (SSSR count). The Kier molecular flexibility index (Phi) is 3.47. The molecule has 20 heavy (non-hydrogen) atoms. The molecule has 5 nitrogen and oxygen atoms in total. The lowest BCUT2D eigenvalue weighted by atomic mass is 10.1. The number of aromatic nitrogens is 2. The number of anilines is 1. The molecular formula is C14H13N3O2S. The summed E-state index contributed by atoms with van der Waals surface area (Å²) in [4.78, 5) is 22.7. The molecule has 6 heteroatoms. The highest BCUT2D eigenvalue weighted by atomic mass is 32.1. The molecule has 1 N–H and O–H groups in total. The van der Waals surface area contributed by atoms with Crippen molar-refractivity contribution in [3.05, 3.63) is 45.9 Å². The number of carboxylic acids is 1. The number of nitrogens with zero attached hydrogens (tertiary/aromatic N) is 3. The third kappa shape index (κ3) is 2.70. The van der Waals surface area contributed by atoms with Crippen LogP contribution in [0.15, 0.2) is 29.9 Å². The molecule has 0 saturated carbocycles. The topological polar surface area (TPSA) is 66.3 Å². The molecule has 0 atom stereocenters. The Labute approximate surface area is 120 Å². The Bertz CT molecular complexity index is 649. The molecule has 0 fully saturated rings. The fraction of sp³-hybridized carbons (Fsp3) is 0.214. The SMILES string of the molecule is O=C(O)/C=C/c1cnc(N2CCc3sccc3C2)nc1. The number of carbonyl (C=O) groups is 1. The van der Waals surface area contributed by atoms with E-state index in [-0.39, 0.29) is 0 Å². The molecule has 0 bridgehead atoms. The van der Waals surface area contributed by atoms with E-state index in [4.69, 9.17) is 5.11 Å². The van der Waals surface area contributed by atoms with Crippen molar-refractivity contribution >= 4 is 29.3 Å². The Balaban J connectivity index is 1.74. The van der Waals surface area contributed by atoms with Gasteiger partial charge in [-0.1, -0.05) is 0 Å². The number of carboxylic acid groups (broad SMARTS) is 1. The highest BCUT2D eigenvalue weighted by molar-refractivity contribution is 7.10. The van der Waals surface area contributed by atoms with E-state index in [1.807, 2.05) is 0 Å². The second kappa shape index (κ2) is 5.42. The first-order valence-corrected chi connectivity index (χ1v) is 7.13. The zero-order valence-electron chi connectivity index (χ0n) is 10.7. The minimum absolute atomic E-state index is 0.685. The van der Waals surface area contributed by atoms with Crippen molar-refractivity contribution in [1.29, 1.82) is 0 Å². The van der Waals surface area contributed by atoms with E-state index in [1.54, 1.807) is 23.7 Å². The van der Waals surface area contributed by atoms with Gasteiger partial charge in [0.15, 0.2) is 0 Å². The van der Waals surface area contributed by atoms with E-state index < -0.39 is 5.97 Å². The molecule has 0 radical (unpaired) electrons. The van der Waals surface area contributed by atoms with Crippen LogP contribution in [0.2, 0.25) is 0 Å². The summed E-state index contributed by atoms with van der Waals surface area (Å²) >= 11 is 1.80. The molecule has 2 aromatic rings. The summed E-state index contributed by atoms with van der Waals surface area (Å²) in [5, 5.41) is 10.7. The standard InChI is InChI=1S/C14H13N3O2S/c18-13(19)2-1-10-7-15-14(16-8-10)17-5-3-12-11(9-17)4-6-20-12/h1-2,4,6-8H,3,5,9H2,(H,18,19)/b2-1+. The Morgan fingerprint density at radius 2 is 2.20 bits per heavy atom. The van der Waals surface area contributed by atoms with Gasteiger partial charge in [-0.2, -0.15) is 0 Å². The van der Waals surface area contributed by atoms with E-state index in [1.165, 1.54) is 16.5 Å². The Morgan fingerprint density at radius 3 is 2.95 bits per heavy atom. The summed E-state index contributed by atoms with van der Waals surface area (Å²) in [7, 11) is 0. The minimum Gasteiger partial charge on any atom is -0.478 e. The summed E-state index contributed by atoms with van der Waals surface area (Å²) in [5.41, 5.74) is 2.03. The zero-order chi connectivity index (χ0) is 13.9. The number of thiophene rings is 1. The molecular weight excluding hydrogens is 274 g/mol. The van der Waals surface area contributed by atoms with Gasteiger partial charge in [-0.3, -0.25) is 0 Å². The monoisotopic (exact) mass is 287 g/mol. The van der Waals surface area contributed by atoms with Crippen LogP contribution in [0.5, 0.6) is 0 Å². The van der Waals surface area contributed by atoms with Gasteiger partial charge in [0, 0.05) is 42.0 Å². The number of aliphatic carboxylic acids is 1. The smallest absolute Gasteiger partial charge is 0.328 e. The molecule has 1 aliphatic heterocycles. The molecule has 1 aliphatic rings. The van der Waals surface area contributed by atoms with Gasteiger partial charge in [-0.05, 0) is 29.5 Å². The highest BCUT2D eigenvalue weighted by Gasteiger charge is 2.18. The van der Waals surface area contributed by atoms with Crippen LogP contribution in [-0.4, -0.2) is 27.6 Å². The Hall–Kier alpha value is -2.21. The lowest BCUT2D eigenvalue weighted by molar-refractivity contribution is -0.131. The van der Waals surface area contributed by atoms with E-state index in [2.05, 4.69) is 26.3 Å². The predicted octanol–water partition coefficient (Wildman–Crippen LogP) is 2.20. The highest BCUT2D eigenvalue weighted by Crippen LogP contribution is 2.25. The van der Waals surface area contributed by atoms with Crippen LogP contribution in [0.4, 0.5) is 5.95 Å². The van der Waals surface area contributed by atoms with Crippen LogP contribution in [0.25, 0.3) is 6.08 Å². The van der Waals surface area contributed by atoms with Gasteiger partial charge in [0.05, 0.1) is 0 Å². The van der Waals surface area contributed by atoms with Gasteiger partial charge < -0.3 is 10.0 Å². The van der Waals surface area contributed by atoms with Crippen molar-refractivity contribution < 1.29 is 9.90 Å². The fourth-order valence-electron chi connectivity index (χ4n) is 2.17. The summed E-state index contributed by atoms with van der Waals surface area (Å²) < 4.78 is 0. The van der Waals surface area contributed by atoms with Crippen molar-refractivity contribution in [2.24, 2.45) is 0 Å². The average Bonchev–Trinajstić information content (AvgIpc) is 2.93. The van der Waals surface area contributed by atoms with Crippen molar-refractivity contribution in [3.8, 4) is 0 Å². The summed E-state index contributed by atoms with van der Waals surface area (Å²) in [6.07, 6.45) is 6.88. The minimum atomic E-state index is -0.977. The van der Waals surface area contributed by atoms with Crippen LogP contribution < -0.4 is 4.90 Å². The van der Waals surface area contributed by atoms with Gasteiger partial charge in [0.25, 0.3) is 0 Å². The van der Waals surface area contributed by atoms with Crippen molar-refractivity contribution in [2.75, 3.05) is 11.4 Å². The van der Waals surface area contributed by atoms with Gasteiger partial charge >= 0.3 is 5.97 Å². The maximum Gasteiger partial charge on any atom is 0.328 e. The third-order valence-electron chi connectivity index (χ3n) is 3.17. The average molecular weight is 287 g/mol. The number of hydrogen-bond acceptors (Lipinski definition) is 5. The van der Waals surface area contributed by atoms with Crippen molar-refractivity contribution in [2.45, 2.75) is 13.0 Å². The van der Waals surface area contributed by atoms with Crippen LogP contribution >= 0.6 is 11.3 Å². The maximum atomic E-state index is 10.4. The third-order valence-corrected chi connectivity index (χ3v) is 4.19. The number of rotatable bonds is 3. The molecule has 0 aromatic carbocycles. The molecule has 102 valence electrons. The second-order valence-corrected chi connectivity index (χ2v) is 5.53. The van der Waals surface area contributed by atoms with E-state index >= 15 is 0 Å². The summed E-state index contributed by atoms with van der Waals surface area (Å²) in [6.45, 7) is 1.75. The molecule has 3 heterocycles. The summed E-state index contributed by atoms with van der Waals surface area (Å²) in [5.74, 6) is -0.288. The van der Waals surface area contributed by atoms with Gasteiger partial charge in [-0.15, -0.1) is 11.3 Å². The van der Waals surface area contributed by atoms with E-state index in [0.717, 1.165) is 25.6 Å². The fourth-order valence-corrected chi connectivity index (χ4v) is 3.06. The first kappa shape index (κ1) is 12.8. The van der Waals surface area contributed by atoms with E-state index in [9.17, 15) is 4.79 Å². The van der Waals surface area contributed by atoms with Crippen LogP contribution in [0.3, 0.4) is 0 Å². The quantitative estimate of drug-likeness (QED) is 0.877. The van der Waals surface area contributed by atoms with Gasteiger partial charge in [0.1, 0.15) is 0 Å². The largest absolute Gasteiger partial charge is 0.478 e. The summed E-state index contributed by atoms with van der Waals surface area (Å²) in [6, 6.07) is 2.15.